The van der Waals surface area contributed by atoms with Crippen molar-refractivity contribution >= 4 is 67.8 Å². The number of hydrogen-bond acceptors (Lipinski definition) is 8. The van der Waals surface area contributed by atoms with Crippen molar-refractivity contribution in [2.45, 2.75) is 11.6 Å². The number of amides is 1. The highest BCUT2D eigenvalue weighted by Crippen LogP contribution is 2.34. The molecule has 1 aliphatic rings. The number of carbonyl (C=O) groups excluding carboxylic acids is 1. The Hall–Kier alpha value is -1.55. The summed E-state index contributed by atoms with van der Waals surface area (Å²) in [4.78, 5) is 27.9. The maximum atomic E-state index is 12.2. The minimum Gasteiger partial charge on any atom is -0.351 e. The maximum absolute atomic E-state index is 12.2. The van der Waals surface area contributed by atoms with E-state index < -0.39 is 0 Å². The van der Waals surface area contributed by atoms with Crippen LogP contribution in [0.3, 0.4) is 0 Å². The molecule has 1 fully saturated rings. The summed E-state index contributed by atoms with van der Waals surface area (Å²) < 4.78 is 0.950. The van der Waals surface area contributed by atoms with Crippen LogP contribution in [0.1, 0.15) is 5.56 Å². The zero-order chi connectivity index (χ0) is 19.3. The molecule has 1 amide bonds. The summed E-state index contributed by atoms with van der Waals surface area (Å²) in [6.45, 7) is 2.49. The Labute approximate surface area is 180 Å². The molecule has 10 heteroatoms. The molecule has 0 atom stereocenters. The lowest BCUT2D eigenvalue weighted by atomic mass is 10.2. The number of hydrogen-bond donors (Lipinski definition) is 1. The summed E-state index contributed by atoms with van der Waals surface area (Å²) in [6, 6.07) is 7.44. The summed E-state index contributed by atoms with van der Waals surface area (Å²) >= 11 is 10.9. The van der Waals surface area contributed by atoms with Crippen molar-refractivity contribution in [3.05, 3.63) is 41.2 Å². The SMILES string of the molecule is O=C(CSc1ncnc2nc(N3CCSCC3)sc12)NCc1ccc(Cl)cc1. The van der Waals surface area contributed by atoms with E-state index in [1.165, 1.54) is 18.1 Å². The third-order valence-corrected chi connectivity index (χ3v) is 7.60. The van der Waals surface area contributed by atoms with Crippen LogP contribution >= 0.6 is 46.5 Å². The van der Waals surface area contributed by atoms with Crippen LogP contribution in [-0.4, -0.2) is 51.2 Å². The van der Waals surface area contributed by atoms with Crippen molar-refractivity contribution in [1.82, 2.24) is 20.3 Å². The molecule has 1 aromatic carbocycles. The second-order valence-corrected chi connectivity index (χ2v) is 9.72. The molecule has 28 heavy (non-hydrogen) atoms. The molecular weight excluding hydrogens is 434 g/mol. The number of rotatable bonds is 6. The van der Waals surface area contributed by atoms with Crippen LogP contribution in [-0.2, 0) is 11.3 Å². The van der Waals surface area contributed by atoms with E-state index in [0.29, 0.717) is 23.0 Å². The zero-order valence-electron chi connectivity index (χ0n) is 14.9. The van der Waals surface area contributed by atoms with Gasteiger partial charge in [-0.05, 0) is 17.7 Å². The molecule has 0 spiro atoms. The summed E-state index contributed by atoms with van der Waals surface area (Å²) in [5.41, 5.74) is 1.72. The highest BCUT2D eigenvalue weighted by molar-refractivity contribution is 8.00. The number of nitrogens with zero attached hydrogens (tertiary/aromatic N) is 4. The van der Waals surface area contributed by atoms with E-state index in [4.69, 9.17) is 11.6 Å². The molecule has 0 aliphatic carbocycles. The van der Waals surface area contributed by atoms with Crippen molar-refractivity contribution in [3.63, 3.8) is 0 Å². The smallest absolute Gasteiger partial charge is 0.230 e. The Morgan fingerprint density at radius 2 is 2.00 bits per heavy atom. The van der Waals surface area contributed by atoms with E-state index in [0.717, 1.165) is 45.0 Å². The standard InChI is InChI=1S/C18H18ClN5OS3/c19-13-3-1-12(2-4-13)9-20-14(25)10-27-17-15-16(21-11-22-17)23-18(28-15)24-5-7-26-8-6-24/h1-4,11H,5-10H2,(H,20,25). The Bertz CT molecular complexity index is 960. The number of fused-ring (bicyclic) bond motifs is 1. The van der Waals surface area contributed by atoms with Gasteiger partial charge in [0, 0.05) is 36.2 Å². The van der Waals surface area contributed by atoms with Crippen molar-refractivity contribution < 1.29 is 4.79 Å². The second-order valence-electron chi connectivity index (χ2n) is 6.12. The average molecular weight is 452 g/mol. The summed E-state index contributed by atoms with van der Waals surface area (Å²) in [5, 5.41) is 5.41. The quantitative estimate of drug-likeness (QED) is 0.452. The lowest BCUT2D eigenvalue weighted by Gasteiger charge is -2.25. The van der Waals surface area contributed by atoms with E-state index in [2.05, 4.69) is 25.2 Å². The van der Waals surface area contributed by atoms with E-state index in [1.807, 2.05) is 36.0 Å². The molecule has 0 bridgehead atoms. The summed E-state index contributed by atoms with van der Waals surface area (Å²) in [7, 11) is 0. The van der Waals surface area contributed by atoms with Gasteiger partial charge in [-0.3, -0.25) is 4.79 Å². The fourth-order valence-electron chi connectivity index (χ4n) is 2.70. The van der Waals surface area contributed by atoms with Gasteiger partial charge in [0.1, 0.15) is 16.1 Å². The summed E-state index contributed by atoms with van der Waals surface area (Å²) in [5.74, 6) is 2.51. The first-order valence-corrected chi connectivity index (χ1v) is 12.1. The fraction of sp³-hybridized carbons (Fsp3) is 0.333. The van der Waals surface area contributed by atoms with E-state index in [-0.39, 0.29) is 5.91 Å². The minimum atomic E-state index is -0.0375. The van der Waals surface area contributed by atoms with Crippen LogP contribution in [0.25, 0.3) is 10.3 Å². The van der Waals surface area contributed by atoms with Crippen LogP contribution in [0.4, 0.5) is 5.13 Å². The van der Waals surface area contributed by atoms with Crippen molar-refractivity contribution in [1.29, 1.82) is 0 Å². The number of thiazole rings is 1. The van der Waals surface area contributed by atoms with Gasteiger partial charge < -0.3 is 10.2 Å². The van der Waals surface area contributed by atoms with Crippen molar-refractivity contribution in [3.8, 4) is 0 Å². The molecule has 0 radical (unpaired) electrons. The van der Waals surface area contributed by atoms with E-state index in [9.17, 15) is 4.79 Å². The average Bonchev–Trinajstić information content (AvgIpc) is 3.17. The number of carbonyl (C=O) groups is 1. The van der Waals surface area contributed by atoms with E-state index in [1.54, 1.807) is 11.3 Å². The van der Waals surface area contributed by atoms with Crippen LogP contribution in [0.5, 0.6) is 0 Å². The highest BCUT2D eigenvalue weighted by atomic mass is 35.5. The predicted molar refractivity (Wildman–Crippen MR) is 119 cm³/mol. The minimum absolute atomic E-state index is 0.0375. The van der Waals surface area contributed by atoms with Gasteiger partial charge in [-0.2, -0.15) is 16.7 Å². The van der Waals surface area contributed by atoms with Crippen LogP contribution in [0, 0.1) is 0 Å². The predicted octanol–water partition coefficient (Wildman–Crippen LogP) is 3.70. The van der Waals surface area contributed by atoms with Crippen molar-refractivity contribution in [2.24, 2.45) is 0 Å². The fourth-order valence-corrected chi connectivity index (χ4v) is 5.70. The van der Waals surface area contributed by atoms with Crippen LogP contribution < -0.4 is 10.2 Å². The molecule has 1 N–H and O–H groups in total. The molecule has 4 rings (SSSR count). The zero-order valence-corrected chi connectivity index (χ0v) is 18.1. The first kappa shape index (κ1) is 19.8. The van der Waals surface area contributed by atoms with Gasteiger partial charge in [0.2, 0.25) is 5.91 Å². The maximum Gasteiger partial charge on any atom is 0.230 e. The largest absolute Gasteiger partial charge is 0.351 e. The van der Waals surface area contributed by atoms with Gasteiger partial charge in [-0.25, -0.2) is 9.97 Å². The van der Waals surface area contributed by atoms with Gasteiger partial charge in [0.05, 0.1) is 5.75 Å². The third-order valence-electron chi connectivity index (χ3n) is 4.17. The third kappa shape index (κ3) is 4.89. The highest BCUT2D eigenvalue weighted by Gasteiger charge is 2.18. The number of halogens is 1. The Morgan fingerprint density at radius 3 is 2.79 bits per heavy atom. The Kier molecular flexibility index (Phi) is 6.56. The molecule has 6 nitrogen and oxygen atoms in total. The molecule has 146 valence electrons. The molecule has 1 saturated heterocycles. The molecule has 3 heterocycles. The molecule has 2 aromatic heterocycles. The van der Waals surface area contributed by atoms with Gasteiger partial charge in [-0.1, -0.05) is 46.8 Å². The first-order valence-electron chi connectivity index (χ1n) is 8.77. The van der Waals surface area contributed by atoms with Gasteiger partial charge in [-0.15, -0.1) is 0 Å². The number of benzene rings is 1. The lowest BCUT2D eigenvalue weighted by Crippen LogP contribution is -2.32. The number of thioether (sulfide) groups is 2. The first-order chi connectivity index (χ1) is 13.7. The van der Waals surface area contributed by atoms with Gasteiger partial charge in [0.25, 0.3) is 0 Å². The van der Waals surface area contributed by atoms with E-state index >= 15 is 0 Å². The van der Waals surface area contributed by atoms with Crippen LogP contribution in [0.15, 0.2) is 35.6 Å². The topological polar surface area (TPSA) is 71.0 Å². The second kappa shape index (κ2) is 9.30. The number of anilines is 1. The molecule has 3 aromatic rings. The van der Waals surface area contributed by atoms with Crippen LogP contribution in [0.2, 0.25) is 5.02 Å². The summed E-state index contributed by atoms with van der Waals surface area (Å²) in [6.07, 6.45) is 1.52. The monoisotopic (exact) mass is 451 g/mol. The lowest BCUT2D eigenvalue weighted by molar-refractivity contribution is -0.118. The Balaban J connectivity index is 1.37. The molecule has 1 aliphatic heterocycles. The number of aromatic nitrogens is 3. The van der Waals surface area contributed by atoms with Gasteiger partial charge >= 0.3 is 0 Å². The normalized spacial score (nSPS) is 14.4. The molecular formula is C18H18ClN5OS3. The number of nitrogens with one attached hydrogen (secondary N) is 1. The van der Waals surface area contributed by atoms with Gasteiger partial charge in [0.15, 0.2) is 10.8 Å². The molecule has 0 unspecified atom stereocenters. The van der Waals surface area contributed by atoms with Crippen molar-refractivity contribution in [2.75, 3.05) is 35.2 Å². The molecule has 0 saturated carbocycles. The Morgan fingerprint density at radius 1 is 1.21 bits per heavy atom.